The maximum Gasteiger partial charge on any atom is 0.274 e. The van der Waals surface area contributed by atoms with Crippen LogP contribution in [0.5, 0.6) is 0 Å². The molecule has 0 aromatic rings. The van der Waals surface area contributed by atoms with E-state index in [2.05, 4.69) is 16.9 Å². The zero-order valence-electron chi connectivity index (χ0n) is 6.78. The van der Waals surface area contributed by atoms with Crippen molar-refractivity contribution >= 4 is 27.4 Å². The van der Waals surface area contributed by atoms with Gasteiger partial charge in [-0.25, -0.2) is 5.14 Å². The lowest BCUT2D eigenvalue weighted by Gasteiger charge is -2.13. The number of nitrogens with two attached hydrogens (primary N) is 2. The van der Waals surface area contributed by atoms with E-state index in [9.17, 15) is 8.42 Å². The predicted molar refractivity (Wildman–Crippen MR) is 51.7 cm³/mol. The Labute approximate surface area is 77.7 Å². The van der Waals surface area contributed by atoms with Crippen LogP contribution in [0.1, 0.15) is 19.8 Å². The van der Waals surface area contributed by atoms with Crippen LogP contribution in [-0.4, -0.2) is 19.4 Å². The van der Waals surface area contributed by atoms with Crippen molar-refractivity contribution in [2.75, 3.05) is 0 Å². The zero-order chi connectivity index (χ0) is 9.78. The second-order valence-electron chi connectivity index (χ2n) is 2.44. The van der Waals surface area contributed by atoms with E-state index in [1.807, 2.05) is 6.92 Å². The Morgan fingerprint density at radius 3 is 2.42 bits per heavy atom. The molecule has 12 heavy (non-hydrogen) atoms. The van der Waals surface area contributed by atoms with Crippen molar-refractivity contribution in [1.82, 2.24) is 4.72 Å². The van der Waals surface area contributed by atoms with Crippen LogP contribution in [0.25, 0.3) is 0 Å². The summed E-state index contributed by atoms with van der Waals surface area (Å²) in [6.07, 6.45) is 0.941. The summed E-state index contributed by atoms with van der Waals surface area (Å²) in [5.41, 5.74) is 5.24. The van der Waals surface area contributed by atoms with Crippen LogP contribution < -0.4 is 15.6 Å². The van der Waals surface area contributed by atoms with Gasteiger partial charge in [-0.05, 0) is 6.42 Å². The minimum atomic E-state index is -3.65. The smallest absolute Gasteiger partial charge is 0.274 e. The predicted octanol–water partition coefficient (Wildman–Crippen LogP) is -0.766. The highest BCUT2D eigenvalue weighted by atomic mass is 32.2. The first kappa shape index (κ1) is 11.8. The van der Waals surface area contributed by atoms with Crippen LogP contribution in [0.4, 0.5) is 0 Å². The zero-order valence-corrected chi connectivity index (χ0v) is 8.41. The molecular weight excluding hydrogens is 198 g/mol. The Kier molecular flexibility index (Phi) is 4.61. The lowest BCUT2D eigenvalue weighted by molar-refractivity contribution is 0.548. The van der Waals surface area contributed by atoms with Gasteiger partial charge in [0.25, 0.3) is 10.2 Å². The van der Waals surface area contributed by atoms with Crippen LogP contribution in [0.2, 0.25) is 0 Å². The Balaban J connectivity index is 4.10. The van der Waals surface area contributed by atoms with E-state index in [4.69, 9.17) is 10.9 Å². The molecule has 0 aromatic carbocycles. The van der Waals surface area contributed by atoms with Crippen LogP contribution >= 0.6 is 12.2 Å². The van der Waals surface area contributed by atoms with E-state index in [0.29, 0.717) is 12.8 Å². The molecule has 0 saturated carbocycles. The molecule has 5 N–H and O–H groups in total. The molecule has 0 aliphatic heterocycles. The van der Waals surface area contributed by atoms with Gasteiger partial charge in [0, 0.05) is 12.5 Å². The monoisotopic (exact) mass is 211 g/mol. The van der Waals surface area contributed by atoms with E-state index < -0.39 is 10.2 Å². The summed E-state index contributed by atoms with van der Waals surface area (Å²) in [4.78, 5) is 0.276. The number of thiocarbonyl (C=S) groups is 1. The molecule has 0 saturated heterocycles. The Morgan fingerprint density at radius 2 is 2.17 bits per heavy atom. The molecule has 1 unspecified atom stereocenters. The van der Waals surface area contributed by atoms with Gasteiger partial charge in [0.2, 0.25) is 0 Å². The van der Waals surface area contributed by atoms with Gasteiger partial charge in [-0.1, -0.05) is 19.1 Å². The molecule has 0 aliphatic rings. The molecule has 72 valence electrons. The highest BCUT2D eigenvalue weighted by Gasteiger charge is 2.12. The number of hydrogen-bond donors (Lipinski definition) is 3. The second-order valence-corrected chi connectivity index (χ2v) is 4.29. The van der Waals surface area contributed by atoms with E-state index in [1.54, 1.807) is 0 Å². The first-order valence-electron chi connectivity index (χ1n) is 3.43. The van der Waals surface area contributed by atoms with Crippen LogP contribution in [-0.2, 0) is 10.2 Å². The third kappa shape index (κ3) is 6.47. The van der Waals surface area contributed by atoms with Gasteiger partial charge in [0.1, 0.15) is 0 Å². The standard InChI is InChI=1S/C5H13N3O2S2/c1-2-4(3-5(6)11)8-12(7,9)10/h4,8H,2-3H2,1H3,(H2,6,11)(H2,7,9,10). The lowest BCUT2D eigenvalue weighted by Crippen LogP contribution is -2.40. The van der Waals surface area contributed by atoms with Crippen molar-refractivity contribution in [3.63, 3.8) is 0 Å². The quantitative estimate of drug-likeness (QED) is 0.520. The van der Waals surface area contributed by atoms with Gasteiger partial charge < -0.3 is 5.73 Å². The van der Waals surface area contributed by atoms with Crippen molar-refractivity contribution in [3.8, 4) is 0 Å². The highest BCUT2D eigenvalue weighted by Crippen LogP contribution is 1.98. The largest absolute Gasteiger partial charge is 0.393 e. The molecule has 0 aromatic heterocycles. The topological polar surface area (TPSA) is 98.2 Å². The SMILES string of the molecule is CCC(CC(N)=S)NS(N)(=O)=O. The Hall–Kier alpha value is -0.240. The van der Waals surface area contributed by atoms with Crippen LogP contribution in [0, 0.1) is 0 Å². The molecule has 5 nitrogen and oxygen atoms in total. The Bertz CT molecular complexity index is 249. The molecule has 0 fully saturated rings. The van der Waals surface area contributed by atoms with Gasteiger partial charge >= 0.3 is 0 Å². The van der Waals surface area contributed by atoms with Gasteiger partial charge in [-0.3, -0.25) is 0 Å². The normalized spacial score (nSPS) is 14.2. The summed E-state index contributed by atoms with van der Waals surface area (Å²) in [6.45, 7) is 1.82. The first-order valence-corrected chi connectivity index (χ1v) is 5.39. The molecule has 0 heterocycles. The molecule has 7 heteroatoms. The molecule has 1 atom stereocenters. The Morgan fingerprint density at radius 1 is 1.67 bits per heavy atom. The third-order valence-electron chi connectivity index (χ3n) is 1.27. The van der Waals surface area contributed by atoms with Gasteiger partial charge in [-0.2, -0.15) is 13.1 Å². The summed E-state index contributed by atoms with van der Waals surface area (Å²) in [5, 5.41) is 4.76. The fourth-order valence-corrected chi connectivity index (χ4v) is 1.66. The minimum absolute atomic E-state index is 0.276. The average molecular weight is 211 g/mol. The maximum atomic E-state index is 10.6. The van der Waals surface area contributed by atoms with E-state index in [1.165, 1.54) is 0 Å². The molecular formula is C5H13N3O2S2. The molecule has 0 amide bonds. The van der Waals surface area contributed by atoms with E-state index >= 15 is 0 Å². The molecule has 0 rings (SSSR count). The van der Waals surface area contributed by atoms with Crippen molar-refractivity contribution in [2.24, 2.45) is 10.9 Å². The summed E-state index contributed by atoms with van der Waals surface area (Å²) < 4.78 is 23.3. The fraction of sp³-hybridized carbons (Fsp3) is 0.800. The summed E-state index contributed by atoms with van der Waals surface area (Å²) in [6, 6.07) is -0.294. The van der Waals surface area contributed by atoms with Crippen molar-refractivity contribution in [2.45, 2.75) is 25.8 Å². The highest BCUT2D eigenvalue weighted by molar-refractivity contribution is 7.87. The van der Waals surface area contributed by atoms with E-state index in [0.717, 1.165) is 0 Å². The first-order chi connectivity index (χ1) is 5.35. The fourth-order valence-electron chi connectivity index (χ4n) is 0.744. The van der Waals surface area contributed by atoms with Gasteiger partial charge in [0.05, 0.1) is 4.99 Å². The average Bonchev–Trinajstić information content (AvgIpc) is 1.82. The summed E-state index contributed by atoms with van der Waals surface area (Å²) >= 11 is 4.63. The third-order valence-corrected chi connectivity index (χ3v) is 2.10. The van der Waals surface area contributed by atoms with Crippen LogP contribution in [0.15, 0.2) is 0 Å². The molecule has 0 aliphatic carbocycles. The van der Waals surface area contributed by atoms with Gasteiger partial charge in [-0.15, -0.1) is 0 Å². The minimum Gasteiger partial charge on any atom is -0.393 e. The van der Waals surface area contributed by atoms with Gasteiger partial charge in [0.15, 0.2) is 0 Å². The number of nitrogens with one attached hydrogen (secondary N) is 1. The number of rotatable bonds is 5. The maximum absolute atomic E-state index is 10.6. The summed E-state index contributed by atoms with van der Waals surface area (Å²) in [7, 11) is -3.65. The van der Waals surface area contributed by atoms with Crippen molar-refractivity contribution in [3.05, 3.63) is 0 Å². The van der Waals surface area contributed by atoms with Crippen molar-refractivity contribution < 1.29 is 8.42 Å². The van der Waals surface area contributed by atoms with Crippen LogP contribution in [0.3, 0.4) is 0 Å². The van der Waals surface area contributed by atoms with E-state index in [-0.39, 0.29) is 11.0 Å². The summed E-state index contributed by atoms with van der Waals surface area (Å²) in [5.74, 6) is 0. The molecule has 0 spiro atoms. The second kappa shape index (κ2) is 4.70. The van der Waals surface area contributed by atoms with Crippen molar-refractivity contribution in [1.29, 1.82) is 0 Å². The lowest BCUT2D eigenvalue weighted by atomic mass is 10.2. The number of hydrogen-bond acceptors (Lipinski definition) is 3. The molecule has 0 bridgehead atoms. The molecule has 0 radical (unpaired) electrons.